The summed E-state index contributed by atoms with van der Waals surface area (Å²) in [6.07, 6.45) is 0. The minimum Gasteiger partial charge on any atom is -0.430 e. The van der Waals surface area contributed by atoms with E-state index in [1.165, 1.54) is 24.6 Å². The molecule has 1 aromatic heterocycles. The van der Waals surface area contributed by atoms with Gasteiger partial charge in [-0.15, -0.1) is 0 Å². The van der Waals surface area contributed by atoms with Gasteiger partial charge in [-0.2, -0.15) is 4.39 Å². The first-order valence-electron chi connectivity index (χ1n) is 5.31. The number of hydrogen-bond donors (Lipinski definition) is 0. The highest BCUT2D eigenvalue weighted by atomic mass is 79.9. The van der Waals surface area contributed by atoms with E-state index in [4.69, 9.17) is 4.74 Å². The minimum atomic E-state index is -1.23. The average Bonchev–Trinajstić information content (AvgIpc) is 2.63. The topological polar surface area (TPSA) is 70.2 Å². The second-order valence-corrected chi connectivity index (χ2v) is 4.82. The molecule has 0 aliphatic rings. The van der Waals surface area contributed by atoms with E-state index in [9.17, 15) is 18.9 Å². The van der Waals surface area contributed by atoms with Crippen LogP contribution in [0.3, 0.4) is 0 Å². The summed E-state index contributed by atoms with van der Waals surface area (Å²) in [5, 5.41) is 10.9. The predicted octanol–water partition coefficient (Wildman–Crippen LogP) is 3.47. The van der Waals surface area contributed by atoms with Crippen molar-refractivity contribution in [3.05, 3.63) is 44.2 Å². The molecule has 20 heavy (non-hydrogen) atoms. The summed E-state index contributed by atoms with van der Waals surface area (Å²) >= 11 is 2.99. The molecular formula is C11H8BrF2N3O3. The van der Waals surface area contributed by atoms with Gasteiger partial charge in [0.1, 0.15) is 0 Å². The SMILES string of the molecule is Cc1nc([N+](=O)[O-])c(Oc2cc(Br)cc(F)c2F)n1C. The second-order valence-electron chi connectivity index (χ2n) is 3.91. The van der Waals surface area contributed by atoms with E-state index in [1.54, 1.807) is 0 Å². The number of hydrogen-bond acceptors (Lipinski definition) is 4. The summed E-state index contributed by atoms with van der Waals surface area (Å²) in [5.74, 6) is -3.36. The van der Waals surface area contributed by atoms with Gasteiger partial charge in [0.15, 0.2) is 11.6 Å². The van der Waals surface area contributed by atoms with Crippen LogP contribution in [0.2, 0.25) is 0 Å². The van der Waals surface area contributed by atoms with Gasteiger partial charge < -0.3 is 14.9 Å². The maximum Gasteiger partial charge on any atom is 0.427 e. The first kappa shape index (κ1) is 14.4. The molecule has 1 aromatic carbocycles. The Bertz CT molecular complexity index is 703. The van der Waals surface area contributed by atoms with Crippen LogP contribution in [0.1, 0.15) is 5.82 Å². The van der Waals surface area contributed by atoms with Gasteiger partial charge in [0.05, 0.1) is 0 Å². The van der Waals surface area contributed by atoms with Crippen LogP contribution < -0.4 is 4.74 Å². The highest BCUT2D eigenvalue weighted by molar-refractivity contribution is 9.10. The molecule has 0 radical (unpaired) electrons. The van der Waals surface area contributed by atoms with Crippen LogP contribution >= 0.6 is 15.9 Å². The van der Waals surface area contributed by atoms with E-state index in [0.717, 1.165) is 6.07 Å². The highest BCUT2D eigenvalue weighted by Gasteiger charge is 2.27. The summed E-state index contributed by atoms with van der Waals surface area (Å²) < 4.78 is 33.5. The molecule has 0 N–H and O–H groups in total. The minimum absolute atomic E-state index is 0.243. The molecular weight excluding hydrogens is 340 g/mol. The Kier molecular flexibility index (Phi) is 3.71. The van der Waals surface area contributed by atoms with Gasteiger partial charge in [-0.3, -0.25) is 4.57 Å². The van der Waals surface area contributed by atoms with Gasteiger partial charge in [0.25, 0.3) is 0 Å². The fourth-order valence-electron chi connectivity index (χ4n) is 1.52. The average molecular weight is 348 g/mol. The lowest BCUT2D eigenvalue weighted by Gasteiger charge is -2.07. The Hall–Kier alpha value is -2.03. The summed E-state index contributed by atoms with van der Waals surface area (Å²) in [7, 11) is 1.47. The zero-order valence-electron chi connectivity index (χ0n) is 10.4. The Morgan fingerprint density at radius 2 is 2.10 bits per heavy atom. The summed E-state index contributed by atoms with van der Waals surface area (Å²) in [6, 6.07) is 2.09. The van der Waals surface area contributed by atoms with E-state index >= 15 is 0 Å². The fourth-order valence-corrected chi connectivity index (χ4v) is 1.93. The third kappa shape index (κ3) is 2.48. The molecule has 0 saturated carbocycles. The molecule has 0 unspecified atom stereocenters. The zero-order valence-corrected chi connectivity index (χ0v) is 11.9. The van der Waals surface area contributed by atoms with Crippen LogP contribution in [-0.2, 0) is 7.05 Å². The van der Waals surface area contributed by atoms with Crippen molar-refractivity contribution in [3.8, 4) is 11.6 Å². The lowest BCUT2D eigenvalue weighted by Crippen LogP contribution is -2.00. The van der Waals surface area contributed by atoms with E-state index in [0.29, 0.717) is 5.82 Å². The number of halogens is 3. The van der Waals surface area contributed by atoms with Crippen molar-refractivity contribution in [2.24, 2.45) is 7.05 Å². The smallest absolute Gasteiger partial charge is 0.427 e. The molecule has 0 bridgehead atoms. The number of nitrogens with zero attached hydrogens (tertiary/aromatic N) is 3. The van der Waals surface area contributed by atoms with E-state index < -0.39 is 28.1 Å². The number of aromatic nitrogens is 2. The van der Waals surface area contributed by atoms with Crippen molar-refractivity contribution >= 4 is 21.7 Å². The van der Waals surface area contributed by atoms with E-state index in [1.807, 2.05) is 0 Å². The third-order valence-electron chi connectivity index (χ3n) is 2.59. The first-order valence-corrected chi connectivity index (χ1v) is 6.10. The maximum atomic E-state index is 13.6. The van der Waals surface area contributed by atoms with Crippen molar-refractivity contribution in [2.75, 3.05) is 0 Å². The van der Waals surface area contributed by atoms with Gasteiger partial charge in [-0.05, 0) is 22.0 Å². The molecule has 0 amide bonds. The molecule has 2 aromatic rings. The van der Waals surface area contributed by atoms with Gasteiger partial charge in [-0.1, -0.05) is 15.9 Å². The van der Waals surface area contributed by atoms with Crippen molar-refractivity contribution in [1.82, 2.24) is 9.55 Å². The first-order chi connectivity index (χ1) is 9.31. The number of ether oxygens (including phenoxy) is 1. The van der Waals surface area contributed by atoms with Gasteiger partial charge in [0, 0.05) is 18.4 Å². The summed E-state index contributed by atoms with van der Waals surface area (Å²) in [6.45, 7) is 1.53. The van der Waals surface area contributed by atoms with Gasteiger partial charge in [-0.25, -0.2) is 4.39 Å². The molecule has 0 atom stereocenters. The van der Waals surface area contributed by atoms with Gasteiger partial charge in [0.2, 0.25) is 11.6 Å². The number of nitro groups is 1. The molecule has 9 heteroatoms. The largest absolute Gasteiger partial charge is 0.430 e. The highest BCUT2D eigenvalue weighted by Crippen LogP contribution is 2.34. The van der Waals surface area contributed by atoms with Crippen molar-refractivity contribution in [3.63, 3.8) is 0 Å². The van der Waals surface area contributed by atoms with Crippen molar-refractivity contribution < 1.29 is 18.4 Å². The van der Waals surface area contributed by atoms with Crippen LogP contribution in [-0.4, -0.2) is 14.5 Å². The number of aryl methyl sites for hydroxylation is 1. The molecule has 0 saturated heterocycles. The predicted molar refractivity (Wildman–Crippen MR) is 68.7 cm³/mol. The maximum absolute atomic E-state index is 13.6. The van der Waals surface area contributed by atoms with Crippen molar-refractivity contribution in [1.29, 1.82) is 0 Å². The van der Waals surface area contributed by atoms with E-state index in [-0.39, 0.29) is 10.4 Å². The van der Waals surface area contributed by atoms with Crippen molar-refractivity contribution in [2.45, 2.75) is 6.92 Å². The van der Waals surface area contributed by atoms with Crippen LogP contribution in [0.5, 0.6) is 11.6 Å². The lowest BCUT2D eigenvalue weighted by molar-refractivity contribution is -0.390. The fraction of sp³-hybridized carbons (Fsp3) is 0.182. The molecule has 6 nitrogen and oxygen atoms in total. The number of rotatable bonds is 3. The molecule has 0 aliphatic carbocycles. The Morgan fingerprint density at radius 1 is 1.45 bits per heavy atom. The molecule has 2 rings (SSSR count). The van der Waals surface area contributed by atoms with Crippen LogP contribution in [0.4, 0.5) is 14.6 Å². The van der Waals surface area contributed by atoms with Crippen LogP contribution in [0, 0.1) is 28.7 Å². The monoisotopic (exact) mass is 347 g/mol. The Labute approximate surface area is 120 Å². The zero-order chi connectivity index (χ0) is 15.0. The Morgan fingerprint density at radius 3 is 2.70 bits per heavy atom. The summed E-state index contributed by atoms with van der Waals surface area (Å²) in [4.78, 5) is 13.8. The normalized spacial score (nSPS) is 10.7. The Balaban J connectivity index is 2.53. The molecule has 106 valence electrons. The number of benzene rings is 1. The second kappa shape index (κ2) is 5.16. The molecule has 0 aliphatic heterocycles. The summed E-state index contributed by atoms with van der Waals surface area (Å²) in [5.41, 5.74) is 0. The third-order valence-corrected chi connectivity index (χ3v) is 3.05. The van der Waals surface area contributed by atoms with Crippen LogP contribution in [0.15, 0.2) is 16.6 Å². The standard InChI is InChI=1S/C11H8BrF2N3O3/c1-5-15-10(17(18)19)11(16(5)2)20-8-4-6(12)3-7(13)9(8)14/h3-4H,1-2H3. The molecule has 0 spiro atoms. The van der Waals surface area contributed by atoms with Gasteiger partial charge >= 0.3 is 11.7 Å². The van der Waals surface area contributed by atoms with Crippen LogP contribution in [0.25, 0.3) is 0 Å². The molecule has 1 heterocycles. The van der Waals surface area contributed by atoms with E-state index in [2.05, 4.69) is 20.9 Å². The number of imidazole rings is 1. The quantitative estimate of drug-likeness (QED) is 0.484. The lowest BCUT2D eigenvalue weighted by atomic mass is 10.3. The molecule has 0 fully saturated rings.